The molecule has 1 aromatic heterocycles. The third-order valence-electron chi connectivity index (χ3n) is 2.13. The van der Waals surface area contributed by atoms with Gasteiger partial charge >= 0.3 is 0 Å². The number of nitrogens with zero attached hydrogens (tertiary/aromatic N) is 1. The van der Waals surface area contributed by atoms with Crippen LogP contribution in [0.2, 0.25) is 0 Å². The van der Waals surface area contributed by atoms with Gasteiger partial charge in [-0.25, -0.2) is 4.98 Å². The summed E-state index contributed by atoms with van der Waals surface area (Å²) in [7, 11) is 3.09. The number of anilines is 2. The molecule has 2 amide bonds. The average molecular weight is 287 g/mol. The Labute approximate surface area is 114 Å². The third kappa shape index (κ3) is 4.72. The normalized spacial score (nSPS) is 10.0. The molecule has 19 heavy (non-hydrogen) atoms. The Kier molecular flexibility index (Phi) is 6.03. The van der Waals surface area contributed by atoms with Gasteiger partial charge in [-0.3, -0.25) is 9.59 Å². The van der Waals surface area contributed by atoms with Crippen LogP contribution < -0.4 is 21.7 Å². The molecule has 0 aliphatic rings. The number of hydrogen-bond donors (Lipinski definition) is 4. The summed E-state index contributed by atoms with van der Waals surface area (Å²) in [4.78, 5) is 27.1. The molecule has 0 bridgehead atoms. The first kappa shape index (κ1) is 15.2. The topological polar surface area (TPSA) is 118 Å². The van der Waals surface area contributed by atoms with Crippen LogP contribution in [0.5, 0.6) is 0 Å². The summed E-state index contributed by atoms with van der Waals surface area (Å²) in [5, 5.41) is 8.38. The monoisotopic (exact) mass is 287 g/mol. The largest absolute Gasteiger partial charge is 0.383 e. The second kappa shape index (κ2) is 7.54. The maximum Gasteiger partial charge on any atom is 0.265 e. The Bertz CT molecular complexity index is 448. The molecule has 5 N–H and O–H groups in total. The van der Waals surface area contributed by atoms with Crippen molar-refractivity contribution in [3.8, 4) is 0 Å². The zero-order chi connectivity index (χ0) is 14.3. The van der Waals surface area contributed by atoms with E-state index in [1.165, 1.54) is 7.05 Å². The quantitative estimate of drug-likeness (QED) is 0.490. The van der Waals surface area contributed by atoms with Gasteiger partial charge < -0.3 is 26.4 Å². The van der Waals surface area contributed by atoms with Gasteiger partial charge in [0, 0.05) is 20.7 Å². The van der Waals surface area contributed by atoms with Gasteiger partial charge in [0.05, 0.1) is 13.2 Å². The van der Waals surface area contributed by atoms with E-state index < -0.39 is 5.91 Å². The Morgan fingerprint density at radius 1 is 1.47 bits per heavy atom. The predicted molar refractivity (Wildman–Crippen MR) is 73.3 cm³/mol. The van der Waals surface area contributed by atoms with Crippen LogP contribution in [0.15, 0.2) is 0 Å². The van der Waals surface area contributed by atoms with Gasteiger partial charge in [-0.1, -0.05) is 11.3 Å². The van der Waals surface area contributed by atoms with Gasteiger partial charge in [-0.05, 0) is 0 Å². The second-order valence-corrected chi connectivity index (χ2v) is 4.51. The molecule has 0 saturated carbocycles. The minimum Gasteiger partial charge on any atom is -0.383 e. The molecule has 0 radical (unpaired) electrons. The first-order valence-electron chi connectivity index (χ1n) is 5.56. The highest BCUT2D eigenvalue weighted by molar-refractivity contribution is 7.18. The van der Waals surface area contributed by atoms with Crippen LogP contribution in [0.1, 0.15) is 9.67 Å². The summed E-state index contributed by atoms with van der Waals surface area (Å²) >= 11 is 1.13. The molecule has 0 aliphatic carbocycles. The summed E-state index contributed by atoms with van der Waals surface area (Å²) in [5.74, 6) is -0.562. The molecule has 0 fully saturated rings. The van der Waals surface area contributed by atoms with Crippen LogP contribution >= 0.6 is 11.3 Å². The van der Waals surface area contributed by atoms with E-state index in [1.54, 1.807) is 7.11 Å². The van der Waals surface area contributed by atoms with Crippen LogP contribution in [-0.2, 0) is 9.53 Å². The number of thiazole rings is 1. The Hall–Kier alpha value is -1.87. The standard InChI is InChI=1S/C10H17N5O3S/c1-12-6(16)5-14-9(17)7-8(11)15-10(19-7)13-3-4-18-2/h3-5,11H2,1-2H3,(H,12,16)(H,13,15)(H,14,17). The van der Waals surface area contributed by atoms with Crippen LogP contribution in [0.25, 0.3) is 0 Å². The van der Waals surface area contributed by atoms with E-state index in [0.29, 0.717) is 18.3 Å². The predicted octanol–water partition coefficient (Wildman–Crippen LogP) is -0.741. The van der Waals surface area contributed by atoms with Gasteiger partial charge in [0.2, 0.25) is 5.91 Å². The first-order valence-corrected chi connectivity index (χ1v) is 6.38. The van der Waals surface area contributed by atoms with Crippen molar-refractivity contribution in [2.24, 2.45) is 0 Å². The van der Waals surface area contributed by atoms with Crippen molar-refractivity contribution < 1.29 is 14.3 Å². The zero-order valence-corrected chi connectivity index (χ0v) is 11.6. The number of amides is 2. The number of likely N-dealkylation sites (N-methyl/N-ethyl adjacent to an activating group) is 1. The molecule has 1 heterocycles. The maximum atomic E-state index is 11.8. The summed E-state index contributed by atoms with van der Waals surface area (Å²) in [6.07, 6.45) is 0. The van der Waals surface area contributed by atoms with Gasteiger partial charge in [-0.15, -0.1) is 0 Å². The Morgan fingerprint density at radius 2 is 2.21 bits per heavy atom. The van der Waals surface area contributed by atoms with E-state index in [0.717, 1.165) is 11.3 Å². The number of hydrogen-bond acceptors (Lipinski definition) is 7. The highest BCUT2D eigenvalue weighted by Crippen LogP contribution is 2.24. The maximum absolute atomic E-state index is 11.8. The summed E-state index contributed by atoms with van der Waals surface area (Å²) < 4.78 is 4.88. The minimum absolute atomic E-state index is 0.0981. The summed E-state index contributed by atoms with van der Waals surface area (Å²) in [6, 6.07) is 0. The van der Waals surface area contributed by atoms with E-state index in [1.807, 2.05) is 0 Å². The lowest BCUT2D eigenvalue weighted by molar-refractivity contribution is -0.119. The van der Waals surface area contributed by atoms with Gasteiger partial charge in [-0.2, -0.15) is 0 Å². The van der Waals surface area contributed by atoms with Gasteiger partial charge in [0.25, 0.3) is 5.91 Å². The van der Waals surface area contributed by atoms with Crippen molar-refractivity contribution in [3.63, 3.8) is 0 Å². The second-order valence-electron chi connectivity index (χ2n) is 3.51. The van der Waals surface area contributed by atoms with Crippen molar-refractivity contribution in [1.82, 2.24) is 15.6 Å². The molecule has 1 aromatic rings. The SMILES string of the molecule is CNC(=O)CNC(=O)c1sc(NCCOC)nc1N. The number of nitrogens with one attached hydrogen (secondary N) is 3. The molecular weight excluding hydrogens is 270 g/mol. The fourth-order valence-corrected chi connectivity index (χ4v) is 1.99. The molecule has 0 unspecified atom stereocenters. The molecule has 0 saturated heterocycles. The number of carbonyl (C=O) groups is 2. The van der Waals surface area contributed by atoms with Crippen LogP contribution in [0.3, 0.4) is 0 Å². The van der Waals surface area contributed by atoms with Crippen molar-refractivity contribution >= 4 is 34.1 Å². The van der Waals surface area contributed by atoms with Crippen molar-refractivity contribution in [1.29, 1.82) is 0 Å². The number of nitrogens with two attached hydrogens (primary N) is 1. The number of ether oxygens (including phenoxy) is 1. The molecule has 0 spiro atoms. The van der Waals surface area contributed by atoms with Crippen LogP contribution in [0, 0.1) is 0 Å². The van der Waals surface area contributed by atoms with Gasteiger partial charge in [0.15, 0.2) is 5.13 Å². The van der Waals surface area contributed by atoms with Gasteiger partial charge in [0.1, 0.15) is 10.7 Å². The van der Waals surface area contributed by atoms with Crippen molar-refractivity contribution in [2.75, 3.05) is 44.9 Å². The highest BCUT2D eigenvalue weighted by Gasteiger charge is 2.16. The van der Waals surface area contributed by atoms with E-state index in [2.05, 4.69) is 20.9 Å². The van der Waals surface area contributed by atoms with E-state index in [9.17, 15) is 9.59 Å². The molecular formula is C10H17N5O3S. The van der Waals surface area contributed by atoms with E-state index >= 15 is 0 Å². The average Bonchev–Trinajstić information content (AvgIpc) is 2.77. The molecule has 8 nitrogen and oxygen atoms in total. The smallest absolute Gasteiger partial charge is 0.265 e. The van der Waals surface area contributed by atoms with Crippen LogP contribution in [0.4, 0.5) is 10.9 Å². The highest BCUT2D eigenvalue weighted by atomic mass is 32.1. The first-order chi connectivity index (χ1) is 9.08. The summed E-state index contributed by atoms with van der Waals surface area (Å²) in [6.45, 7) is 1.000. The number of carbonyl (C=O) groups excluding carboxylic acids is 2. The molecule has 1 rings (SSSR count). The number of methoxy groups -OCH3 is 1. The molecule has 0 atom stereocenters. The molecule has 0 aliphatic heterocycles. The summed E-state index contributed by atoms with van der Waals surface area (Å²) in [5.41, 5.74) is 5.65. The lowest BCUT2D eigenvalue weighted by Gasteiger charge is -2.02. The molecule has 9 heteroatoms. The van der Waals surface area contributed by atoms with E-state index in [-0.39, 0.29) is 23.1 Å². The Balaban J connectivity index is 2.57. The molecule has 0 aromatic carbocycles. The number of aromatic nitrogens is 1. The lowest BCUT2D eigenvalue weighted by atomic mass is 10.4. The molecule has 106 valence electrons. The number of nitrogen functional groups attached to an aromatic ring is 1. The minimum atomic E-state index is -0.418. The lowest BCUT2D eigenvalue weighted by Crippen LogP contribution is -2.35. The Morgan fingerprint density at radius 3 is 2.84 bits per heavy atom. The van der Waals surface area contributed by atoms with Crippen molar-refractivity contribution in [2.45, 2.75) is 0 Å². The fraction of sp³-hybridized carbons (Fsp3) is 0.500. The third-order valence-corrected chi connectivity index (χ3v) is 3.16. The number of rotatable bonds is 7. The van der Waals surface area contributed by atoms with E-state index in [4.69, 9.17) is 10.5 Å². The van der Waals surface area contributed by atoms with Crippen molar-refractivity contribution in [3.05, 3.63) is 4.88 Å². The fourth-order valence-electron chi connectivity index (χ4n) is 1.16. The zero-order valence-electron chi connectivity index (χ0n) is 10.8. The van der Waals surface area contributed by atoms with Crippen LogP contribution in [-0.4, -0.2) is 50.7 Å².